The van der Waals surface area contributed by atoms with Gasteiger partial charge >= 0.3 is 0 Å². The molecule has 0 aliphatic carbocycles. The second kappa shape index (κ2) is 4.59. The summed E-state index contributed by atoms with van der Waals surface area (Å²) >= 11 is 3.16. The summed E-state index contributed by atoms with van der Waals surface area (Å²) in [5.41, 5.74) is 9.20. The van der Waals surface area contributed by atoms with Crippen molar-refractivity contribution in [2.45, 2.75) is 5.33 Å². The molecule has 6 nitrogen and oxygen atoms in total. The monoisotopic (exact) mass is 256 g/mol. The Morgan fingerprint density at radius 1 is 1.64 bits per heavy atom. The van der Waals surface area contributed by atoms with Gasteiger partial charge in [-0.05, 0) is 17.2 Å². The molecule has 0 atom stereocenters. The lowest BCUT2D eigenvalue weighted by Gasteiger charge is -1.99. The van der Waals surface area contributed by atoms with Gasteiger partial charge in [-0.15, -0.1) is 0 Å². The van der Waals surface area contributed by atoms with Crippen LogP contribution in [0.2, 0.25) is 0 Å². The summed E-state index contributed by atoms with van der Waals surface area (Å²) in [6, 6.07) is 4.10. The normalized spacial score (nSPS) is 9.21. The third-order valence-corrected chi connectivity index (χ3v) is 2.17. The molecule has 7 heteroatoms. The number of benzene rings is 1. The number of hydrogen-bond acceptors (Lipinski definition) is 3. The fraction of sp³-hybridized carbons (Fsp3) is 0.143. The summed E-state index contributed by atoms with van der Waals surface area (Å²) in [5.74, 6) is 0. The average molecular weight is 257 g/mol. The molecule has 0 bridgehead atoms. The maximum Gasteiger partial charge on any atom is 0.269 e. The molecule has 0 radical (unpaired) electrons. The second-order valence-corrected chi connectivity index (χ2v) is 2.95. The lowest BCUT2D eigenvalue weighted by molar-refractivity contribution is -0.384. The van der Waals surface area contributed by atoms with Gasteiger partial charge < -0.3 is 0 Å². The Morgan fingerprint density at radius 3 is 2.86 bits per heavy atom. The van der Waals surface area contributed by atoms with E-state index in [0.717, 1.165) is 0 Å². The molecular weight excluding hydrogens is 252 g/mol. The largest absolute Gasteiger partial charge is 0.269 e. The molecule has 0 unspecified atom stereocenters. The Hall–Kier alpha value is -1.59. The third kappa shape index (κ3) is 2.21. The van der Waals surface area contributed by atoms with Crippen LogP contribution in [0.3, 0.4) is 0 Å². The first-order valence-electron chi connectivity index (χ1n) is 3.57. The van der Waals surface area contributed by atoms with Gasteiger partial charge in [-0.1, -0.05) is 21.0 Å². The van der Waals surface area contributed by atoms with Crippen molar-refractivity contribution in [2.24, 2.45) is 5.11 Å². The van der Waals surface area contributed by atoms with Crippen LogP contribution in [0.5, 0.6) is 0 Å². The molecule has 0 spiro atoms. The zero-order chi connectivity index (χ0) is 10.6. The topological polar surface area (TPSA) is 91.9 Å². The molecule has 0 aliphatic heterocycles. The van der Waals surface area contributed by atoms with Crippen LogP contribution in [0.15, 0.2) is 23.3 Å². The highest BCUT2D eigenvalue weighted by molar-refractivity contribution is 9.08. The van der Waals surface area contributed by atoms with Crippen molar-refractivity contribution >= 4 is 27.3 Å². The van der Waals surface area contributed by atoms with Crippen molar-refractivity contribution < 1.29 is 4.92 Å². The number of rotatable bonds is 3. The minimum atomic E-state index is -0.494. The van der Waals surface area contributed by atoms with Crippen molar-refractivity contribution in [3.05, 3.63) is 44.3 Å². The van der Waals surface area contributed by atoms with Gasteiger partial charge in [-0.25, -0.2) is 0 Å². The quantitative estimate of drug-likeness (QED) is 0.207. The van der Waals surface area contributed by atoms with Crippen LogP contribution in [0, 0.1) is 10.1 Å². The van der Waals surface area contributed by atoms with Gasteiger partial charge in [0.25, 0.3) is 5.69 Å². The first-order chi connectivity index (χ1) is 6.69. The van der Waals surface area contributed by atoms with Crippen LogP contribution in [-0.2, 0) is 5.33 Å². The average Bonchev–Trinajstić information content (AvgIpc) is 2.18. The molecule has 0 amide bonds. The molecule has 0 aliphatic rings. The van der Waals surface area contributed by atoms with Crippen LogP contribution in [0.25, 0.3) is 10.4 Å². The van der Waals surface area contributed by atoms with Gasteiger partial charge in [0.2, 0.25) is 0 Å². The van der Waals surface area contributed by atoms with Crippen LogP contribution in [-0.4, -0.2) is 4.92 Å². The standard InChI is InChI=1S/C7H5BrN4O2/c8-4-5-3-6(12(13)14)1-2-7(5)10-11-9/h1-3H,4H2. The van der Waals surface area contributed by atoms with E-state index in [2.05, 4.69) is 26.0 Å². The molecule has 1 aromatic rings. The predicted octanol–water partition coefficient (Wildman–Crippen LogP) is 3.43. The Morgan fingerprint density at radius 2 is 2.36 bits per heavy atom. The number of alkyl halides is 1. The summed E-state index contributed by atoms with van der Waals surface area (Å²) in [6.45, 7) is 0. The summed E-state index contributed by atoms with van der Waals surface area (Å²) in [6.07, 6.45) is 0. The number of halogens is 1. The summed E-state index contributed by atoms with van der Waals surface area (Å²) in [5, 5.41) is 14.2. The first kappa shape index (κ1) is 10.5. The number of non-ortho nitro benzene ring substituents is 1. The van der Waals surface area contributed by atoms with E-state index in [-0.39, 0.29) is 5.69 Å². The molecule has 0 saturated carbocycles. The molecule has 14 heavy (non-hydrogen) atoms. The number of azide groups is 1. The zero-order valence-electron chi connectivity index (χ0n) is 6.92. The maximum absolute atomic E-state index is 10.4. The second-order valence-electron chi connectivity index (χ2n) is 2.39. The van der Waals surface area contributed by atoms with Crippen molar-refractivity contribution in [3.8, 4) is 0 Å². The number of nitro groups is 1. The Balaban J connectivity index is 3.24. The van der Waals surface area contributed by atoms with E-state index in [1.165, 1.54) is 18.2 Å². The minimum absolute atomic E-state index is 0.0173. The van der Waals surface area contributed by atoms with E-state index < -0.39 is 4.92 Å². The van der Waals surface area contributed by atoms with Crippen LogP contribution < -0.4 is 0 Å². The SMILES string of the molecule is [N-]=[N+]=Nc1ccc([N+](=O)[O-])cc1CBr. The minimum Gasteiger partial charge on any atom is -0.258 e. The fourth-order valence-corrected chi connectivity index (χ4v) is 1.39. The third-order valence-electron chi connectivity index (χ3n) is 1.57. The van der Waals surface area contributed by atoms with E-state index in [1.807, 2.05) is 0 Å². The lowest BCUT2D eigenvalue weighted by atomic mass is 10.2. The van der Waals surface area contributed by atoms with Gasteiger partial charge in [0.1, 0.15) is 0 Å². The number of hydrogen-bond donors (Lipinski definition) is 0. The van der Waals surface area contributed by atoms with Gasteiger partial charge in [0, 0.05) is 28.1 Å². The molecule has 0 N–H and O–H groups in total. The predicted molar refractivity (Wildman–Crippen MR) is 54.5 cm³/mol. The molecule has 1 aromatic carbocycles. The fourth-order valence-electron chi connectivity index (χ4n) is 0.938. The van der Waals surface area contributed by atoms with Crippen LogP contribution in [0.4, 0.5) is 11.4 Å². The zero-order valence-corrected chi connectivity index (χ0v) is 8.51. The van der Waals surface area contributed by atoms with Crippen LogP contribution in [0.1, 0.15) is 5.56 Å². The molecular formula is C7H5BrN4O2. The molecule has 72 valence electrons. The molecule has 0 heterocycles. The lowest BCUT2D eigenvalue weighted by Crippen LogP contribution is -1.89. The summed E-state index contributed by atoms with van der Waals surface area (Å²) in [7, 11) is 0. The molecule has 0 saturated heterocycles. The molecule has 1 rings (SSSR count). The van der Waals surface area contributed by atoms with Gasteiger partial charge in [-0.2, -0.15) is 0 Å². The summed E-state index contributed by atoms with van der Waals surface area (Å²) < 4.78 is 0. The van der Waals surface area contributed by atoms with Crippen molar-refractivity contribution in [2.75, 3.05) is 0 Å². The smallest absolute Gasteiger partial charge is 0.258 e. The van der Waals surface area contributed by atoms with E-state index in [9.17, 15) is 10.1 Å². The maximum atomic E-state index is 10.4. The van der Waals surface area contributed by atoms with Crippen molar-refractivity contribution in [3.63, 3.8) is 0 Å². The number of nitrogens with zero attached hydrogens (tertiary/aromatic N) is 4. The molecule has 0 aromatic heterocycles. The van der Waals surface area contributed by atoms with E-state index in [0.29, 0.717) is 16.6 Å². The van der Waals surface area contributed by atoms with Gasteiger partial charge in [-0.3, -0.25) is 10.1 Å². The van der Waals surface area contributed by atoms with E-state index in [4.69, 9.17) is 5.53 Å². The van der Waals surface area contributed by atoms with E-state index in [1.54, 1.807) is 0 Å². The molecule has 0 fully saturated rings. The van der Waals surface area contributed by atoms with Gasteiger partial charge in [0.05, 0.1) is 4.92 Å². The van der Waals surface area contributed by atoms with Crippen molar-refractivity contribution in [1.29, 1.82) is 0 Å². The van der Waals surface area contributed by atoms with Crippen molar-refractivity contribution in [1.82, 2.24) is 0 Å². The summed E-state index contributed by atoms with van der Waals surface area (Å²) in [4.78, 5) is 12.6. The highest BCUT2D eigenvalue weighted by Crippen LogP contribution is 2.26. The Bertz CT molecular complexity index is 414. The van der Waals surface area contributed by atoms with E-state index >= 15 is 0 Å². The highest BCUT2D eigenvalue weighted by atomic mass is 79.9. The Kier molecular flexibility index (Phi) is 3.44. The Labute approximate surface area is 87.5 Å². The number of nitro benzene ring substituents is 1. The van der Waals surface area contributed by atoms with Gasteiger partial charge in [0.15, 0.2) is 0 Å². The highest BCUT2D eigenvalue weighted by Gasteiger charge is 2.08. The first-order valence-corrected chi connectivity index (χ1v) is 4.69. The van der Waals surface area contributed by atoms with Crippen LogP contribution >= 0.6 is 15.9 Å².